The van der Waals surface area contributed by atoms with Crippen LogP contribution in [0.25, 0.3) is 10.9 Å². The first-order valence-corrected chi connectivity index (χ1v) is 13.8. The van der Waals surface area contributed by atoms with Gasteiger partial charge in [-0.3, -0.25) is 4.79 Å². The van der Waals surface area contributed by atoms with Gasteiger partial charge >= 0.3 is 0 Å². The number of carbonyl (C=O) groups is 1. The molecule has 0 radical (unpaired) electrons. The number of para-hydroxylation sites is 1. The van der Waals surface area contributed by atoms with Gasteiger partial charge in [-0.25, -0.2) is 0 Å². The van der Waals surface area contributed by atoms with Crippen molar-refractivity contribution < 1.29 is 4.79 Å². The minimum atomic E-state index is -0.0434. The summed E-state index contributed by atoms with van der Waals surface area (Å²) in [6.45, 7) is 15.6. The smallest absolute Gasteiger partial charge is 0.221 e. The number of nitrogens with zero attached hydrogens (tertiary/aromatic N) is 2. The number of carbonyl (C=O) groups excluding carboxylic acids is 1. The predicted octanol–water partition coefficient (Wildman–Crippen LogP) is 7.97. The van der Waals surface area contributed by atoms with Crippen LogP contribution in [0.2, 0.25) is 0 Å². The summed E-state index contributed by atoms with van der Waals surface area (Å²) in [6, 6.07) is 10.8. The fraction of sp³-hybridized carbons (Fsp3) is 0.531. The summed E-state index contributed by atoms with van der Waals surface area (Å²) in [7, 11) is 2.23. The van der Waals surface area contributed by atoms with Crippen molar-refractivity contribution in [2.45, 2.75) is 80.2 Å². The Labute approximate surface area is 221 Å². The number of aryl methyl sites for hydroxylation is 1. The Morgan fingerprint density at radius 2 is 1.81 bits per heavy atom. The lowest BCUT2D eigenvalue weighted by Gasteiger charge is -2.19. The second-order valence-corrected chi connectivity index (χ2v) is 10.3. The van der Waals surface area contributed by atoms with E-state index in [1.165, 1.54) is 37.1 Å². The molecule has 1 aromatic heterocycles. The van der Waals surface area contributed by atoms with Gasteiger partial charge in [-0.15, -0.1) is 0 Å². The molecule has 36 heavy (non-hydrogen) atoms. The molecule has 4 nitrogen and oxygen atoms in total. The van der Waals surface area contributed by atoms with Crippen molar-refractivity contribution in [2.75, 3.05) is 20.1 Å². The predicted molar refractivity (Wildman–Crippen MR) is 158 cm³/mol. The van der Waals surface area contributed by atoms with E-state index in [0.717, 1.165) is 44.1 Å². The number of nitrogens with one attached hydrogen (secondary N) is 1. The number of amides is 1. The van der Waals surface area contributed by atoms with Crippen molar-refractivity contribution in [3.63, 3.8) is 0 Å². The standard InChI is InChI=1S/C28H41N3O.C4H10/c1-5-13-27(29-24(3)32)16-12-14-25(6-2)18-22-30(4)20-10-7-11-21-31-23-19-26-15-8-9-17-28(26)31;1-4(2)3/h5,8-9,12-17,19,23,25H,6-7,10-11,18,20-22H2,1-4H3,(H,29,32);4H,1-3H3/b13-5-,14-12+,27-16+;. The number of hydrogen-bond acceptors (Lipinski definition) is 2. The van der Waals surface area contributed by atoms with E-state index < -0.39 is 0 Å². The van der Waals surface area contributed by atoms with Crippen LogP contribution in [-0.4, -0.2) is 35.5 Å². The lowest BCUT2D eigenvalue weighted by molar-refractivity contribution is -0.118. The van der Waals surface area contributed by atoms with Crippen molar-refractivity contribution in [3.8, 4) is 0 Å². The highest BCUT2D eigenvalue weighted by Crippen LogP contribution is 2.16. The van der Waals surface area contributed by atoms with Gasteiger partial charge in [0.1, 0.15) is 0 Å². The third-order valence-corrected chi connectivity index (χ3v) is 5.85. The lowest BCUT2D eigenvalue weighted by Crippen LogP contribution is -2.22. The summed E-state index contributed by atoms with van der Waals surface area (Å²) in [5.74, 6) is 1.35. The van der Waals surface area contributed by atoms with E-state index in [-0.39, 0.29) is 5.91 Å². The SMILES string of the molecule is CC(C)C.C\C=C/C(=C\C=C\C(CC)CCN(C)CCCCCn1ccc2ccccc21)NC(C)=O. The van der Waals surface area contributed by atoms with Gasteiger partial charge in [0.2, 0.25) is 5.91 Å². The Morgan fingerprint density at radius 3 is 2.47 bits per heavy atom. The average Bonchev–Trinajstić information content (AvgIpc) is 3.23. The number of allylic oxidation sites excluding steroid dienone is 5. The molecule has 1 heterocycles. The van der Waals surface area contributed by atoms with E-state index in [4.69, 9.17) is 0 Å². The number of aromatic nitrogens is 1. The summed E-state index contributed by atoms with van der Waals surface area (Å²) in [5, 5.41) is 4.18. The first-order chi connectivity index (χ1) is 17.3. The first kappa shape index (κ1) is 31.4. The maximum absolute atomic E-state index is 11.3. The molecule has 0 spiro atoms. The molecule has 1 amide bonds. The minimum absolute atomic E-state index is 0.0434. The monoisotopic (exact) mass is 493 g/mol. The summed E-state index contributed by atoms with van der Waals surface area (Å²) in [5.41, 5.74) is 2.17. The second kappa shape index (κ2) is 18.6. The lowest BCUT2D eigenvalue weighted by atomic mass is 10.0. The fourth-order valence-corrected chi connectivity index (χ4v) is 3.95. The van der Waals surface area contributed by atoms with E-state index in [9.17, 15) is 4.79 Å². The van der Waals surface area contributed by atoms with Crippen LogP contribution in [0.4, 0.5) is 0 Å². The molecule has 1 aromatic carbocycles. The number of hydrogen-bond donors (Lipinski definition) is 1. The van der Waals surface area contributed by atoms with E-state index in [2.05, 4.69) is 98.2 Å². The van der Waals surface area contributed by atoms with Gasteiger partial charge in [-0.05, 0) is 94.3 Å². The van der Waals surface area contributed by atoms with Crippen molar-refractivity contribution in [2.24, 2.45) is 11.8 Å². The van der Waals surface area contributed by atoms with Gasteiger partial charge in [-0.2, -0.15) is 0 Å². The summed E-state index contributed by atoms with van der Waals surface area (Å²) < 4.78 is 2.37. The molecule has 200 valence electrons. The first-order valence-electron chi connectivity index (χ1n) is 13.8. The fourth-order valence-electron chi connectivity index (χ4n) is 3.95. The Balaban J connectivity index is 0.00000150. The molecule has 0 fully saturated rings. The van der Waals surface area contributed by atoms with Crippen LogP contribution in [0, 0.1) is 11.8 Å². The van der Waals surface area contributed by atoms with Crippen LogP contribution >= 0.6 is 0 Å². The van der Waals surface area contributed by atoms with Crippen LogP contribution in [0.3, 0.4) is 0 Å². The van der Waals surface area contributed by atoms with Crippen LogP contribution in [0.5, 0.6) is 0 Å². The average molecular weight is 494 g/mol. The van der Waals surface area contributed by atoms with Gasteiger partial charge < -0.3 is 14.8 Å². The molecular formula is C32H51N3O. The molecule has 0 aliphatic carbocycles. The van der Waals surface area contributed by atoms with Crippen LogP contribution < -0.4 is 5.32 Å². The number of fused-ring (bicyclic) bond motifs is 1. The van der Waals surface area contributed by atoms with Gasteiger partial charge in [0, 0.05) is 30.9 Å². The highest BCUT2D eigenvalue weighted by molar-refractivity contribution is 5.79. The largest absolute Gasteiger partial charge is 0.347 e. The summed E-state index contributed by atoms with van der Waals surface area (Å²) >= 11 is 0. The normalized spacial score (nSPS) is 13.1. The van der Waals surface area contributed by atoms with Crippen molar-refractivity contribution in [3.05, 3.63) is 72.6 Å². The molecule has 1 unspecified atom stereocenters. The van der Waals surface area contributed by atoms with Gasteiger partial charge in [0.15, 0.2) is 0 Å². The molecule has 1 atom stereocenters. The highest BCUT2D eigenvalue weighted by atomic mass is 16.1. The third kappa shape index (κ3) is 14.1. The van der Waals surface area contributed by atoms with Crippen LogP contribution in [0.15, 0.2) is 72.6 Å². The van der Waals surface area contributed by atoms with Crippen molar-refractivity contribution >= 4 is 16.8 Å². The molecule has 0 aliphatic heterocycles. The van der Waals surface area contributed by atoms with Crippen molar-refractivity contribution in [1.29, 1.82) is 0 Å². The molecule has 0 saturated heterocycles. The minimum Gasteiger partial charge on any atom is -0.347 e. The molecule has 0 bridgehead atoms. The highest BCUT2D eigenvalue weighted by Gasteiger charge is 2.05. The Bertz CT molecular complexity index is 948. The Kier molecular flexibility index (Phi) is 16.3. The Hall–Kier alpha value is -2.59. The van der Waals surface area contributed by atoms with Gasteiger partial charge in [0.25, 0.3) is 0 Å². The quantitative estimate of drug-likeness (QED) is 0.214. The van der Waals surface area contributed by atoms with Crippen LogP contribution in [-0.2, 0) is 11.3 Å². The number of unbranched alkanes of at least 4 members (excludes halogenated alkanes) is 2. The second-order valence-electron chi connectivity index (χ2n) is 10.3. The third-order valence-electron chi connectivity index (χ3n) is 5.85. The zero-order valence-electron chi connectivity index (χ0n) is 24.0. The summed E-state index contributed by atoms with van der Waals surface area (Å²) in [4.78, 5) is 13.7. The van der Waals surface area contributed by atoms with Crippen molar-refractivity contribution in [1.82, 2.24) is 14.8 Å². The molecule has 2 rings (SSSR count). The molecule has 0 aliphatic rings. The molecule has 2 aromatic rings. The summed E-state index contributed by atoms with van der Waals surface area (Å²) in [6.07, 6.45) is 18.4. The molecule has 0 saturated carbocycles. The van der Waals surface area contributed by atoms with Gasteiger partial charge in [-0.1, -0.05) is 70.5 Å². The van der Waals surface area contributed by atoms with E-state index in [1.807, 2.05) is 25.2 Å². The maximum atomic E-state index is 11.3. The van der Waals surface area contributed by atoms with Gasteiger partial charge in [0.05, 0.1) is 0 Å². The Morgan fingerprint density at radius 1 is 1.08 bits per heavy atom. The van der Waals surface area contributed by atoms with E-state index in [0.29, 0.717) is 5.92 Å². The zero-order chi connectivity index (χ0) is 26.8. The van der Waals surface area contributed by atoms with E-state index in [1.54, 1.807) is 0 Å². The molecule has 4 heteroatoms. The number of benzene rings is 1. The maximum Gasteiger partial charge on any atom is 0.221 e. The van der Waals surface area contributed by atoms with Crippen LogP contribution in [0.1, 0.15) is 73.6 Å². The van der Waals surface area contributed by atoms with E-state index >= 15 is 0 Å². The zero-order valence-corrected chi connectivity index (χ0v) is 24.0. The molecular weight excluding hydrogens is 442 g/mol. The molecule has 1 N–H and O–H groups in total. The number of rotatable bonds is 14. The topological polar surface area (TPSA) is 37.3 Å².